The van der Waals surface area contributed by atoms with Crippen molar-refractivity contribution in [3.63, 3.8) is 0 Å². The number of amides is 2. The van der Waals surface area contributed by atoms with Crippen LogP contribution < -0.4 is 5.32 Å². The van der Waals surface area contributed by atoms with Crippen molar-refractivity contribution in [2.45, 2.75) is 13.5 Å². The Kier molecular flexibility index (Phi) is 3.79. The Bertz CT molecular complexity index is 701. The lowest BCUT2D eigenvalue weighted by Gasteiger charge is -2.16. The molecule has 6 heteroatoms. The second kappa shape index (κ2) is 5.73. The first kappa shape index (κ1) is 13.9. The molecule has 0 unspecified atom stereocenters. The zero-order valence-electron chi connectivity index (χ0n) is 11.6. The number of anilines is 1. The molecule has 0 radical (unpaired) electrons. The maximum Gasteiger partial charge on any atom is 0.289 e. The Hall–Kier alpha value is -2.08. The van der Waals surface area contributed by atoms with Crippen LogP contribution in [-0.2, 0) is 11.3 Å². The molecule has 2 amide bonds. The van der Waals surface area contributed by atoms with Gasteiger partial charge in [-0.25, -0.2) is 4.98 Å². The summed E-state index contributed by atoms with van der Waals surface area (Å²) in [4.78, 5) is 29.4. The maximum absolute atomic E-state index is 11.8. The zero-order valence-corrected chi connectivity index (χ0v) is 12.4. The summed E-state index contributed by atoms with van der Waals surface area (Å²) >= 11 is 1.05. The van der Waals surface area contributed by atoms with Gasteiger partial charge in [0.05, 0.1) is 17.8 Å². The van der Waals surface area contributed by atoms with E-state index in [1.54, 1.807) is 0 Å². The molecule has 108 valence electrons. The van der Waals surface area contributed by atoms with E-state index in [1.165, 1.54) is 4.90 Å². The van der Waals surface area contributed by atoms with Crippen LogP contribution in [-0.4, -0.2) is 33.3 Å². The molecule has 0 aliphatic carbocycles. The van der Waals surface area contributed by atoms with Gasteiger partial charge in [0.25, 0.3) is 5.24 Å². The summed E-state index contributed by atoms with van der Waals surface area (Å²) in [5.74, 6) is 0.824. The molecule has 1 aromatic heterocycles. The molecule has 0 spiro atoms. The third-order valence-electron chi connectivity index (χ3n) is 3.32. The van der Waals surface area contributed by atoms with Gasteiger partial charge >= 0.3 is 0 Å². The van der Waals surface area contributed by atoms with E-state index in [4.69, 9.17) is 0 Å². The number of nitrogens with zero attached hydrogens (tertiary/aromatic N) is 2. The van der Waals surface area contributed by atoms with E-state index in [0.717, 1.165) is 40.6 Å². The molecule has 1 saturated heterocycles. The third-order valence-corrected chi connectivity index (χ3v) is 4.17. The molecule has 21 heavy (non-hydrogen) atoms. The highest BCUT2D eigenvalue weighted by molar-refractivity contribution is 8.14. The highest BCUT2D eigenvalue weighted by atomic mass is 32.2. The first-order valence-corrected chi connectivity index (χ1v) is 7.77. The van der Waals surface area contributed by atoms with Crippen molar-refractivity contribution in [3.05, 3.63) is 35.9 Å². The van der Waals surface area contributed by atoms with Gasteiger partial charge in [-0.1, -0.05) is 30.0 Å². The molecule has 5 nitrogen and oxygen atoms in total. The molecule has 3 rings (SSSR count). The molecule has 0 bridgehead atoms. The predicted molar refractivity (Wildman–Crippen MR) is 84.3 cm³/mol. The van der Waals surface area contributed by atoms with Crippen LogP contribution >= 0.6 is 11.8 Å². The van der Waals surface area contributed by atoms with Gasteiger partial charge in [-0.15, -0.1) is 0 Å². The third kappa shape index (κ3) is 2.71. The fourth-order valence-electron chi connectivity index (χ4n) is 2.30. The normalized spacial score (nSPS) is 15.0. The Morgan fingerprint density at radius 2 is 2.14 bits per heavy atom. The van der Waals surface area contributed by atoms with E-state index in [2.05, 4.69) is 10.3 Å². The molecule has 1 aliphatic rings. The number of fused-ring (bicyclic) bond motifs is 1. The largest absolute Gasteiger partial charge is 0.370 e. The quantitative estimate of drug-likeness (QED) is 0.941. The summed E-state index contributed by atoms with van der Waals surface area (Å²) in [6.07, 6.45) is 0. The minimum atomic E-state index is -0.185. The van der Waals surface area contributed by atoms with E-state index in [0.29, 0.717) is 0 Å². The number of carbonyl (C=O) groups excluding carboxylic acids is 2. The SMILES string of the molecule is CCNc1nc2ccccc2cc1CN1C(=O)CSC1=O. The number of para-hydroxylation sites is 1. The van der Waals surface area contributed by atoms with Gasteiger partial charge < -0.3 is 5.32 Å². The number of rotatable bonds is 4. The van der Waals surface area contributed by atoms with E-state index in [1.807, 2.05) is 37.3 Å². The van der Waals surface area contributed by atoms with Crippen LogP contribution in [0.25, 0.3) is 10.9 Å². The lowest BCUT2D eigenvalue weighted by atomic mass is 10.1. The summed E-state index contributed by atoms with van der Waals surface area (Å²) in [7, 11) is 0. The van der Waals surface area contributed by atoms with Crippen molar-refractivity contribution < 1.29 is 9.59 Å². The van der Waals surface area contributed by atoms with Crippen LogP contribution in [0.3, 0.4) is 0 Å². The predicted octanol–water partition coefficient (Wildman–Crippen LogP) is 2.86. The maximum atomic E-state index is 11.8. The van der Waals surface area contributed by atoms with Crippen molar-refractivity contribution in [2.75, 3.05) is 17.6 Å². The number of aromatic nitrogens is 1. The number of carbonyl (C=O) groups is 2. The number of pyridine rings is 1. The van der Waals surface area contributed by atoms with Gasteiger partial charge in [-0.05, 0) is 19.1 Å². The molecule has 0 saturated carbocycles. The Labute approximate surface area is 126 Å². The molecule has 1 aromatic carbocycles. The number of hydrogen-bond acceptors (Lipinski definition) is 5. The van der Waals surface area contributed by atoms with Crippen LogP contribution in [0.4, 0.5) is 10.6 Å². The topological polar surface area (TPSA) is 62.3 Å². The van der Waals surface area contributed by atoms with Crippen LogP contribution in [0.2, 0.25) is 0 Å². The molecule has 1 fully saturated rings. The number of imide groups is 1. The van der Waals surface area contributed by atoms with Crippen molar-refractivity contribution in [2.24, 2.45) is 0 Å². The fourth-order valence-corrected chi connectivity index (χ4v) is 3.03. The standard InChI is InChI=1S/C15H15N3O2S/c1-2-16-14-11(8-18-13(19)9-21-15(18)20)7-10-5-3-4-6-12(10)17-14/h3-7H,2,8-9H2,1H3,(H,16,17). The number of benzene rings is 1. The summed E-state index contributed by atoms with van der Waals surface area (Å²) in [5, 5.41) is 4.02. The Morgan fingerprint density at radius 3 is 2.86 bits per heavy atom. The van der Waals surface area contributed by atoms with Crippen LogP contribution in [0.5, 0.6) is 0 Å². The zero-order chi connectivity index (χ0) is 14.8. The highest BCUT2D eigenvalue weighted by Crippen LogP contribution is 2.26. The second-order valence-corrected chi connectivity index (χ2v) is 5.68. The molecule has 1 aliphatic heterocycles. The average Bonchev–Trinajstić information content (AvgIpc) is 2.80. The first-order chi connectivity index (χ1) is 10.2. The van der Waals surface area contributed by atoms with E-state index in [-0.39, 0.29) is 23.4 Å². The van der Waals surface area contributed by atoms with E-state index >= 15 is 0 Å². The molecule has 1 N–H and O–H groups in total. The summed E-state index contributed by atoms with van der Waals surface area (Å²) in [6, 6.07) is 9.80. The molecular formula is C15H15N3O2S. The lowest BCUT2D eigenvalue weighted by molar-refractivity contribution is -0.125. The first-order valence-electron chi connectivity index (χ1n) is 6.78. The van der Waals surface area contributed by atoms with Gasteiger partial charge in [0.1, 0.15) is 5.82 Å². The highest BCUT2D eigenvalue weighted by Gasteiger charge is 2.30. The Balaban J connectivity index is 2.01. The van der Waals surface area contributed by atoms with E-state index in [9.17, 15) is 9.59 Å². The van der Waals surface area contributed by atoms with Crippen molar-refractivity contribution in [3.8, 4) is 0 Å². The lowest BCUT2D eigenvalue weighted by Crippen LogP contribution is -2.28. The molecule has 2 heterocycles. The van der Waals surface area contributed by atoms with Crippen LogP contribution in [0.15, 0.2) is 30.3 Å². The van der Waals surface area contributed by atoms with Gasteiger partial charge in [0, 0.05) is 17.5 Å². The summed E-state index contributed by atoms with van der Waals surface area (Å²) in [5.41, 5.74) is 1.76. The summed E-state index contributed by atoms with van der Waals surface area (Å²) in [6.45, 7) is 2.99. The van der Waals surface area contributed by atoms with Crippen LogP contribution in [0.1, 0.15) is 12.5 Å². The van der Waals surface area contributed by atoms with Gasteiger partial charge in [-0.3, -0.25) is 14.5 Å². The monoisotopic (exact) mass is 301 g/mol. The average molecular weight is 301 g/mol. The second-order valence-electron chi connectivity index (χ2n) is 4.75. The number of thioether (sulfide) groups is 1. The number of nitrogens with one attached hydrogen (secondary N) is 1. The van der Waals surface area contributed by atoms with Gasteiger partial charge in [0.2, 0.25) is 5.91 Å². The van der Waals surface area contributed by atoms with Gasteiger partial charge in [-0.2, -0.15) is 0 Å². The number of hydrogen-bond donors (Lipinski definition) is 1. The molecule has 2 aromatic rings. The molecular weight excluding hydrogens is 286 g/mol. The van der Waals surface area contributed by atoms with Crippen molar-refractivity contribution in [1.29, 1.82) is 0 Å². The fraction of sp³-hybridized carbons (Fsp3) is 0.267. The Morgan fingerprint density at radius 1 is 1.33 bits per heavy atom. The molecule has 0 atom stereocenters. The smallest absolute Gasteiger partial charge is 0.289 e. The van der Waals surface area contributed by atoms with E-state index < -0.39 is 0 Å². The minimum absolute atomic E-state index is 0.138. The van der Waals surface area contributed by atoms with Crippen LogP contribution in [0, 0.1) is 0 Å². The van der Waals surface area contributed by atoms with Gasteiger partial charge in [0.15, 0.2) is 0 Å². The van der Waals surface area contributed by atoms with Crippen molar-refractivity contribution >= 4 is 39.6 Å². The van der Waals surface area contributed by atoms with Crippen molar-refractivity contribution in [1.82, 2.24) is 9.88 Å². The minimum Gasteiger partial charge on any atom is -0.370 e. The summed E-state index contributed by atoms with van der Waals surface area (Å²) < 4.78 is 0.